The highest BCUT2D eigenvalue weighted by atomic mass is 32.2. The minimum absolute atomic E-state index is 0.282. The van der Waals surface area contributed by atoms with Crippen LogP contribution < -0.4 is 5.32 Å². The average molecular weight is 387 g/mol. The van der Waals surface area contributed by atoms with Gasteiger partial charge in [-0.15, -0.1) is 0 Å². The SMILES string of the molecule is O=C1NC(=O)C(Cc2ccc3c(c2)CC(Cc2ccccc2)S3(=O)=O)S1. The Hall–Kier alpha value is -2.12. The van der Waals surface area contributed by atoms with Crippen molar-refractivity contribution in [1.82, 2.24) is 5.32 Å². The number of benzene rings is 2. The number of nitrogens with one attached hydrogen (secondary N) is 1. The van der Waals surface area contributed by atoms with Gasteiger partial charge < -0.3 is 0 Å². The monoisotopic (exact) mass is 387 g/mol. The molecule has 0 bridgehead atoms. The fourth-order valence-corrected chi connectivity index (χ4v) is 6.33. The molecule has 7 heteroatoms. The first-order valence-electron chi connectivity index (χ1n) is 8.34. The number of rotatable bonds is 4. The zero-order valence-corrected chi connectivity index (χ0v) is 15.5. The Labute approximate surface area is 156 Å². The Morgan fingerprint density at radius 1 is 1.00 bits per heavy atom. The largest absolute Gasteiger partial charge is 0.286 e. The fraction of sp³-hybridized carbons (Fsp3) is 0.263. The Morgan fingerprint density at radius 2 is 1.77 bits per heavy atom. The third-order valence-corrected chi connectivity index (χ3v) is 8.02. The van der Waals surface area contributed by atoms with Gasteiger partial charge in [-0.05, 0) is 42.0 Å². The van der Waals surface area contributed by atoms with E-state index in [2.05, 4.69) is 5.32 Å². The average Bonchev–Trinajstić information content (AvgIpc) is 3.04. The van der Waals surface area contributed by atoms with Gasteiger partial charge in [-0.2, -0.15) is 0 Å². The Morgan fingerprint density at radius 3 is 2.46 bits per heavy atom. The molecule has 0 radical (unpaired) electrons. The van der Waals surface area contributed by atoms with E-state index in [-0.39, 0.29) is 11.1 Å². The summed E-state index contributed by atoms with van der Waals surface area (Å²) in [5.41, 5.74) is 2.69. The molecule has 2 atom stereocenters. The number of amides is 2. The third-order valence-electron chi connectivity index (χ3n) is 4.81. The maximum Gasteiger partial charge on any atom is 0.286 e. The summed E-state index contributed by atoms with van der Waals surface area (Å²) in [6, 6.07) is 14.9. The van der Waals surface area contributed by atoms with E-state index in [9.17, 15) is 18.0 Å². The molecule has 2 heterocycles. The van der Waals surface area contributed by atoms with Gasteiger partial charge in [0.15, 0.2) is 9.84 Å². The smallest absolute Gasteiger partial charge is 0.286 e. The van der Waals surface area contributed by atoms with Crippen LogP contribution in [0.3, 0.4) is 0 Å². The number of sulfone groups is 1. The Kier molecular flexibility index (Phi) is 4.36. The van der Waals surface area contributed by atoms with E-state index in [1.54, 1.807) is 12.1 Å². The molecule has 0 aliphatic carbocycles. The second-order valence-corrected chi connectivity index (χ2v) is 9.96. The van der Waals surface area contributed by atoms with Gasteiger partial charge in [-0.3, -0.25) is 14.9 Å². The van der Waals surface area contributed by atoms with Crippen LogP contribution in [0.4, 0.5) is 4.79 Å². The molecule has 26 heavy (non-hydrogen) atoms. The number of hydrogen-bond acceptors (Lipinski definition) is 5. The highest BCUT2D eigenvalue weighted by molar-refractivity contribution is 8.15. The lowest BCUT2D eigenvalue weighted by Gasteiger charge is -2.09. The number of imide groups is 1. The normalized spacial score (nSPS) is 23.7. The highest BCUT2D eigenvalue weighted by Crippen LogP contribution is 2.34. The van der Waals surface area contributed by atoms with E-state index in [1.807, 2.05) is 36.4 Å². The molecule has 4 rings (SSSR count). The van der Waals surface area contributed by atoms with E-state index >= 15 is 0 Å². The standard InChI is InChI=1S/C19H17NO4S2/c21-18-16(25-19(22)20-18)10-13-6-7-17-14(8-13)11-15(26(17,23)24)9-12-4-2-1-3-5-12/h1-8,15-16H,9-11H2,(H,20,21,22). The van der Waals surface area contributed by atoms with E-state index in [1.165, 1.54) is 0 Å². The topological polar surface area (TPSA) is 80.3 Å². The first-order valence-corrected chi connectivity index (χ1v) is 10.8. The maximum atomic E-state index is 12.8. The molecule has 2 amide bonds. The van der Waals surface area contributed by atoms with E-state index in [0.29, 0.717) is 24.2 Å². The molecule has 5 nitrogen and oxygen atoms in total. The van der Waals surface area contributed by atoms with Crippen molar-refractivity contribution in [2.24, 2.45) is 0 Å². The fourth-order valence-electron chi connectivity index (χ4n) is 3.53. The van der Waals surface area contributed by atoms with Crippen molar-refractivity contribution in [2.75, 3.05) is 0 Å². The minimum Gasteiger partial charge on any atom is -0.286 e. The number of hydrogen-bond donors (Lipinski definition) is 1. The predicted octanol–water partition coefficient (Wildman–Crippen LogP) is 2.52. The number of carbonyl (C=O) groups excluding carboxylic acids is 2. The van der Waals surface area contributed by atoms with Crippen molar-refractivity contribution >= 4 is 32.7 Å². The van der Waals surface area contributed by atoms with E-state index in [0.717, 1.165) is 28.5 Å². The van der Waals surface area contributed by atoms with Gasteiger partial charge in [0.05, 0.1) is 15.4 Å². The lowest BCUT2D eigenvalue weighted by atomic mass is 10.0. The molecular formula is C19H17NO4S2. The van der Waals surface area contributed by atoms with Gasteiger partial charge in [-0.1, -0.05) is 54.2 Å². The maximum absolute atomic E-state index is 12.8. The van der Waals surface area contributed by atoms with Gasteiger partial charge in [0, 0.05) is 0 Å². The highest BCUT2D eigenvalue weighted by Gasteiger charge is 2.37. The van der Waals surface area contributed by atoms with Crippen LogP contribution in [0.25, 0.3) is 0 Å². The molecule has 2 aromatic carbocycles. The van der Waals surface area contributed by atoms with Gasteiger partial charge in [0.2, 0.25) is 5.91 Å². The first-order chi connectivity index (χ1) is 12.4. The van der Waals surface area contributed by atoms with Gasteiger partial charge in [0.1, 0.15) is 0 Å². The van der Waals surface area contributed by atoms with Gasteiger partial charge in [-0.25, -0.2) is 8.42 Å². The Balaban J connectivity index is 1.56. The summed E-state index contributed by atoms with van der Waals surface area (Å²) in [5.74, 6) is -0.282. The summed E-state index contributed by atoms with van der Waals surface area (Å²) in [4.78, 5) is 23.4. The molecule has 2 aliphatic heterocycles. The molecule has 0 saturated carbocycles. The van der Waals surface area contributed by atoms with Crippen molar-refractivity contribution in [3.63, 3.8) is 0 Å². The Bertz CT molecular complexity index is 986. The molecule has 2 aliphatic rings. The summed E-state index contributed by atoms with van der Waals surface area (Å²) in [5, 5.41) is 1.05. The second kappa shape index (κ2) is 6.55. The molecule has 1 N–H and O–H groups in total. The van der Waals surface area contributed by atoms with E-state index < -0.39 is 20.3 Å². The van der Waals surface area contributed by atoms with Gasteiger partial charge >= 0.3 is 0 Å². The van der Waals surface area contributed by atoms with Crippen LogP contribution in [0.1, 0.15) is 16.7 Å². The van der Waals surface area contributed by atoms with E-state index in [4.69, 9.17) is 0 Å². The summed E-state index contributed by atoms with van der Waals surface area (Å²) < 4.78 is 25.7. The molecule has 1 fully saturated rings. The van der Waals surface area contributed by atoms with Crippen LogP contribution in [-0.2, 0) is 33.9 Å². The van der Waals surface area contributed by atoms with Gasteiger partial charge in [0.25, 0.3) is 5.24 Å². The summed E-state index contributed by atoms with van der Waals surface area (Å²) in [7, 11) is -3.35. The summed E-state index contributed by atoms with van der Waals surface area (Å²) in [6.07, 6.45) is 1.38. The van der Waals surface area contributed by atoms with Crippen LogP contribution in [-0.4, -0.2) is 30.1 Å². The number of thioether (sulfide) groups is 1. The van der Waals surface area contributed by atoms with Crippen LogP contribution in [0.15, 0.2) is 53.4 Å². The molecule has 134 valence electrons. The quantitative estimate of drug-likeness (QED) is 0.872. The van der Waals surface area contributed by atoms with Crippen molar-refractivity contribution < 1.29 is 18.0 Å². The molecule has 0 spiro atoms. The zero-order chi connectivity index (χ0) is 18.3. The number of carbonyl (C=O) groups is 2. The number of fused-ring (bicyclic) bond motifs is 1. The third kappa shape index (κ3) is 3.17. The summed E-state index contributed by atoms with van der Waals surface area (Å²) >= 11 is 0.986. The molecular weight excluding hydrogens is 370 g/mol. The first kappa shape index (κ1) is 17.3. The molecule has 2 aromatic rings. The van der Waals surface area contributed by atoms with Crippen LogP contribution in [0.2, 0.25) is 0 Å². The molecule has 0 aromatic heterocycles. The van der Waals surface area contributed by atoms with Crippen molar-refractivity contribution in [1.29, 1.82) is 0 Å². The minimum atomic E-state index is -3.35. The lowest BCUT2D eigenvalue weighted by molar-refractivity contribution is -0.118. The molecule has 2 unspecified atom stereocenters. The zero-order valence-electron chi connectivity index (χ0n) is 13.8. The van der Waals surface area contributed by atoms with Crippen LogP contribution in [0.5, 0.6) is 0 Å². The van der Waals surface area contributed by atoms with Crippen molar-refractivity contribution in [3.05, 3.63) is 65.2 Å². The lowest BCUT2D eigenvalue weighted by Crippen LogP contribution is -2.25. The summed E-state index contributed by atoms with van der Waals surface area (Å²) in [6.45, 7) is 0. The van der Waals surface area contributed by atoms with Crippen molar-refractivity contribution in [3.8, 4) is 0 Å². The van der Waals surface area contributed by atoms with Crippen LogP contribution in [0, 0.1) is 0 Å². The second-order valence-electron chi connectivity index (χ2n) is 6.59. The molecule has 1 saturated heterocycles. The van der Waals surface area contributed by atoms with Crippen LogP contribution >= 0.6 is 11.8 Å². The van der Waals surface area contributed by atoms with Crippen molar-refractivity contribution in [2.45, 2.75) is 34.7 Å². The predicted molar refractivity (Wildman–Crippen MR) is 99.9 cm³/mol.